The molecule has 1 aromatic heterocycles. The van der Waals surface area contributed by atoms with Crippen LogP contribution in [0, 0.1) is 5.92 Å². The monoisotopic (exact) mass is 365 g/mol. The summed E-state index contributed by atoms with van der Waals surface area (Å²) < 4.78 is 2.11. The maximum Gasteiger partial charge on any atom is 0.331 e. The van der Waals surface area contributed by atoms with Crippen LogP contribution < -0.4 is 16.6 Å². The van der Waals surface area contributed by atoms with Gasteiger partial charge < -0.3 is 10.4 Å². The molecule has 1 unspecified atom stereocenters. The third-order valence-corrected chi connectivity index (χ3v) is 4.99. The third kappa shape index (κ3) is 5.86. The molecule has 0 spiro atoms. The van der Waals surface area contributed by atoms with Gasteiger partial charge >= 0.3 is 11.7 Å². The number of carboxylic acid groups (broad SMARTS) is 1. The summed E-state index contributed by atoms with van der Waals surface area (Å²) >= 11 is 0. The van der Waals surface area contributed by atoms with Crippen LogP contribution in [0.5, 0.6) is 0 Å². The Labute approximate surface area is 151 Å². The van der Waals surface area contributed by atoms with E-state index in [0.29, 0.717) is 12.3 Å². The van der Waals surface area contributed by atoms with Crippen molar-refractivity contribution in [2.75, 3.05) is 0 Å². The molecule has 0 radical (unpaired) electrons. The molecule has 0 saturated heterocycles. The minimum absolute atomic E-state index is 0.00253. The lowest BCUT2D eigenvalue weighted by Crippen LogP contribution is -2.43. The number of hydrogen-bond donors (Lipinski definition) is 2. The molecule has 1 saturated carbocycles. The summed E-state index contributed by atoms with van der Waals surface area (Å²) in [6.45, 7) is -0.193. The molecule has 0 aliphatic heterocycles. The van der Waals surface area contributed by atoms with Crippen molar-refractivity contribution < 1.29 is 14.7 Å². The number of amides is 1. The van der Waals surface area contributed by atoms with Crippen LogP contribution in [0.1, 0.15) is 51.4 Å². The zero-order valence-corrected chi connectivity index (χ0v) is 15.1. The van der Waals surface area contributed by atoms with E-state index in [4.69, 9.17) is 5.11 Å². The number of carbonyl (C=O) groups is 2. The number of hydrogen-bond acceptors (Lipinski definition) is 4. The molecule has 26 heavy (non-hydrogen) atoms. The lowest BCUT2D eigenvalue weighted by atomic mass is 9.84. The minimum atomic E-state index is -0.887. The van der Waals surface area contributed by atoms with Crippen molar-refractivity contribution in [1.82, 2.24) is 14.5 Å². The fourth-order valence-electron chi connectivity index (χ4n) is 3.54. The second kappa shape index (κ2) is 9.35. The van der Waals surface area contributed by atoms with Crippen LogP contribution in [-0.4, -0.2) is 32.2 Å². The van der Waals surface area contributed by atoms with Gasteiger partial charge in [-0.25, -0.2) is 4.79 Å². The third-order valence-electron chi connectivity index (χ3n) is 4.99. The Morgan fingerprint density at radius 1 is 1.27 bits per heavy atom. The van der Waals surface area contributed by atoms with E-state index in [1.165, 1.54) is 43.1 Å². The molecule has 1 aliphatic carbocycles. The molecular weight excluding hydrogens is 338 g/mol. The highest BCUT2D eigenvalue weighted by molar-refractivity contribution is 5.76. The molecule has 2 rings (SSSR count). The maximum absolute atomic E-state index is 12.4. The van der Waals surface area contributed by atoms with Crippen LogP contribution in [0.25, 0.3) is 0 Å². The first-order valence-corrected chi connectivity index (χ1v) is 9.14. The van der Waals surface area contributed by atoms with Gasteiger partial charge in [0.25, 0.3) is 5.56 Å². The molecule has 8 nitrogen and oxygen atoms in total. The van der Waals surface area contributed by atoms with E-state index in [-0.39, 0.29) is 24.9 Å². The Morgan fingerprint density at radius 2 is 1.96 bits per heavy atom. The summed E-state index contributed by atoms with van der Waals surface area (Å²) in [6, 6.07) is 1.02. The lowest BCUT2D eigenvalue weighted by Gasteiger charge is -2.27. The van der Waals surface area contributed by atoms with E-state index in [0.717, 1.165) is 23.8 Å². The molecule has 0 bridgehead atoms. The van der Waals surface area contributed by atoms with Crippen molar-refractivity contribution in [1.29, 1.82) is 0 Å². The van der Waals surface area contributed by atoms with Crippen LogP contribution in [-0.2, 0) is 23.2 Å². The first-order valence-electron chi connectivity index (χ1n) is 9.14. The number of aromatic nitrogens is 2. The van der Waals surface area contributed by atoms with Crippen molar-refractivity contribution in [3.63, 3.8) is 0 Å². The van der Waals surface area contributed by atoms with Gasteiger partial charge in [0.2, 0.25) is 5.91 Å². The smallest absolute Gasteiger partial charge is 0.331 e. The Kier molecular flexibility index (Phi) is 7.17. The van der Waals surface area contributed by atoms with E-state index in [1.807, 2.05) is 0 Å². The number of aliphatic carboxylic acids is 1. The molecule has 1 aliphatic rings. The molecule has 144 valence electrons. The maximum atomic E-state index is 12.4. The summed E-state index contributed by atoms with van der Waals surface area (Å²) in [5.74, 6) is -0.734. The normalized spacial score (nSPS) is 16.2. The number of nitrogens with zero attached hydrogens (tertiary/aromatic N) is 2. The zero-order chi connectivity index (χ0) is 19.1. The van der Waals surface area contributed by atoms with Crippen molar-refractivity contribution in [2.45, 2.75) is 64.0 Å². The fraction of sp³-hybridized carbons (Fsp3) is 0.667. The van der Waals surface area contributed by atoms with Crippen molar-refractivity contribution >= 4 is 11.9 Å². The van der Waals surface area contributed by atoms with E-state index >= 15 is 0 Å². The molecule has 1 amide bonds. The van der Waals surface area contributed by atoms with Crippen LogP contribution in [0.2, 0.25) is 0 Å². The van der Waals surface area contributed by atoms with Crippen LogP contribution >= 0.6 is 0 Å². The molecule has 1 fully saturated rings. The Hall–Kier alpha value is -2.38. The first-order chi connectivity index (χ1) is 12.4. The second-order valence-corrected chi connectivity index (χ2v) is 7.06. The van der Waals surface area contributed by atoms with Gasteiger partial charge in [-0.15, -0.1) is 0 Å². The number of rotatable bonds is 8. The van der Waals surface area contributed by atoms with Gasteiger partial charge in [-0.3, -0.25) is 23.5 Å². The molecule has 2 N–H and O–H groups in total. The molecule has 8 heteroatoms. The summed E-state index contributed by atoms with van der Waals surface area (Å²) in [5, 5.41) is 11.8. The highest BCUT2D eigenvalue weighted by atomic mass is 16.4. The average molecular weight is 365 g/mol. The first kappa shape index (κ1) is 19.9. The van der Waals surface area contributed by atoms with Gasteiger partial charge in [0, 0.05) is 31.8 Å². The van der Waals surface area contributed by atoms with Gasteiger partial charge in [0.1, 0.15) is 6.54 Å². The SMILES string of the molecule is Cn1c(=O)ccn(CC(=O)NC(CCC(=O)O)CC2CCCCC2)c1=O. The zero-order valence-electron chi connectivity index (χ0n) is 15.1. The van der Waals surface area contributed by atoms with Crippen LogP contribution in [0.15, 0.2) is 21.9 Å². The summed E-state index contributed by atoms with van der Waals surface area (Å²) in [4.78, 5) is 46.7. The fourth-order valence-corrected chi connectivity index (χ4v) is 3.54. The summed E-state index contributed by atoms with van der Waals surface area (Å²) in [6.07, 6.45) is 8.25. The van der Waals surface area contributed by atoms with Gasteiger partial charge in [-0.2, -0.15) is 0 Å². The second-order valence-electron chi connectivity index (χ2n) is 7.06. The molecule has 1 heterocycles. The van der Waals surface area contributed by atoms with Crippen molar-refractivity contribution in [2.24, 2.45) is 13.0 Å². The van der Waals surface area contributed by atoms with Gasteiger partial charge in [0.15, 0.2) is 0 Å². The molecule has 1 atom stereocenters. The van der Waals surface area contributed by atoms with E-state index in [2.05, 4.69) is 5.32 Å². The Balaban J connectivity index is 2.00. The van der Waals surface area contributed by atoms with Crippen molar-refractivity contribution in [3.8, 4) is 0 Å². The molecular formula is C18H27N3O5. The minimum Gasteiger partial charge on any atom is -0.481 e. The van der Waals surface area contributed by atoms with E-state index in [9.17, 15) is 19.2 Å². The topological polar surface area (TPSA) is 110 Å². The molecule has 1 aromatic rings. The van der Waals surface area contributed by atoms with Gasteiger partial charge in [-0.05, 0) is 18.8 Å². The summed E-state index contributed by atoms with van der Waals surface area (Å²) in [5.41, 5.74) is -0.981. The average Bonchev–Trinajstić information content (AvgIpc) is 2.61. The predicted molar refractivity (Wildman–Crippen MR) is 95.9 cm³/mol. The molecule has 0 aromatic carbocycles. The quantitative estimate of drug-likeness (QED) is 0.710. The van der Waals surface area contributed by atoms with Crippen LogP contribution in [0.4, 0.5) is 0 Å². The van der Waals surface area contributed by atoms with Crippen molar-refractivity contribution in [3.05, 3.63) is 33.1 Å². The standard InChI is InChI=1S/C18H27N3O5/c1-20-16(23)9-10-21(18(20)26)12-15(22)19-14(7-8-17(24)25)11-13-5-3-2-4-6-13/h9-10,13-14H,2-8,11-12H2,1H3,(H,19,22)(H,24,25). The van der Waals surface area contributed by atoms with Crippen LogP contribution in [0.3, 0.4) is 0 Å². The Bertz CT molecular complexity index is 746. The van der Waals surface area contributed by atoms with E-state index in [1.54, 1.807) is 0 Å². The number of carbonyl (C=O) groups excluding carboxylic acids is 1. The number of carboxylic acids is 1. The largest absolute Gasteiger partial charge is 0.481 e. The summed E-state index contributed by atoms with van der Waals surface area (Å²) in [7, 11) is 1.36. The highest BCUT2D eigenvalue weighted by Gasteiger charge is 2.21. The van der Waals surface area contributed by atoms with Gasteiger partial charge in [-0.1, -0.05) is 32.1 Å². The predicted octanol–water partition coefficient (Wildman–Crippen LogP) is 0.867. The van der Waals surface area contributed by atoms with Gasteiger partial charge in [0.05, 0.1) is 0 Å². The lowest BCUT2D eigenvalue weighted by molar-refractivity contribution is -0.137. The highest BCUT2D eigenvalue weighted by Crippen LogP contribution is 2.28. The van der Waals surface area contributed by atoms with E-state index < -0.39 is 17.2 Å². The number of nitrogens with one attached hydrogen (secondary N) is 1. The Morgan fingerprint density at radius 3 is 2.62 bits per heavy atom.